The third-order valence-corrected chi connectivity index (χ3v) is 2.70. The first-order valence-electron chi connectivity index (χ1n) is 4.27. The van der Waals surface area contributed by atoms with Crippen LogP contribution in [0.5, 0.6) is 0 Å². The topological polar surface area (TPSA) is 69.6 Å². The van der Waals surface area contributed by atoms with Crippen molar-refractivity contribution in [2.24, 2.45) is 5.73 Å². The van der Waals surface area contributed by atoms with Crippen LogP contribution in [-0.4, -0.2) is 20.0 Å². The molecule has 0 aromatic carbocycles. The summed E-state index contributed by atoms with van der Waals surface area (Å²) in [7, 11) is 0. The van der Waals surface area contributed by atoms with E-state index in [0.29, 0.717) is 13.1 Å². The van der Waals surface area contributed by atoms with Gasteiger partial charge in [0.25, 0.3) is 0 Å². The van der Waals surface area contributed by atoms with E-state index in [9.17, 15) is 0 Å². The van der Waals surface area contributed by atoms with Gasteiger partial charge in [-0.3, -0.25) is 0 Å². The van der Waals surface area contributed by atoms with Gasteiger partial charge in [-0.2, -0.15) is 0 Å². The largest absolute Gasteiger partial charge is 0.325 e. The summed E-state index contributed by atoms with van der Waals surface area (Å²) in [6.45, 7) is 3.07. The summed E-state index contributed by atoms with van der Waals surface area (Å²) in [5, 5.41) is 9.99. The van der Waals surface area contributed by atoms with Gasteiger partial charge < -0.3 is 5.73 Å². The fourth-order valence-corrected chi connectivity index (χ4v) is 1.75. The second-order valence-corrected chi connectivity index (χ2v) is 3.68. The molecule has 2 heterocycles. The van der Waals surface area contributed by atoms with Crippen molar-refractivity contribution in [2.75, 3.05) is 0 Å². The highest BCUT2D eigenvalue weighted by Crippen LogP contribution is 2.07. The summed E-state index contributed by atoms with van der Waals surface area (Å²) in [5.41, 5.74) is 10.2. The Hall–Kier alpha value is -1.27. The van der Waals surface area contributed by atoms with Crippen molar-refractivity contribution in [3.05, 3.63) is 28.0 Å². The minimum Gasteiger partial charge on any atom is -0.325 e. The molecule has 74 valence electrons. The zero-order valence-corrected chi connectivity index (χ0v) is 8.66. The predicted molar refractivity (Wildman–Crippen MR) is 53.9 cm³/mol. The molecule has 0 saturated carbocycles. The predicted octanol–water partition coefficient (Wildman–Crippen LogP) is 0.550. The summed E-state index contributed by atoms with van der Waals surface area (Å²) in [6.07, 6.45) is 0. The molecule has 0 spiro atoms. The van der Waals surface area contributed by atoms with Gasteiger partial charge in [0.1, 0.15) is 0 Å². The molecule has 0 bridgehead atoms. The number of rotatable bonds is 3. The lowest BCUT2D eigenvalue weighted by Gasteiger charge is -1.99. The van der Waals surface area contributed by atoms with Gasteiger partial charge in [-0.1, -0.05) is 5.21 Å². The van der Waals surface area contributed by atoms with Crippen LogP contribution in [0.3, 0.4) is 0 Å². The van der Waals surface area contributed by atoms with Gasteiger partial charge in [0.05, 0.1) is 29.1 Å². The van der Waals surface area contributed by atoms with Crippen LogP contribution in [0.1, 0.15) is 17.1 Å². The molecule has 6 heteroatoms. The van der Waals surface area contributed by atoms with Crippen molar-refractivity contribution in [1.29, 1.82) is 0 Å². The van der Waals surface area contributed by atoms with Crippen molar-refractivity contribution in [3.63, 3.8) is 0 Å². The van der Waals surface area contributed by atoms with E-state index >= 15 is 0 Å². The summed E-state index contributed by atoms with van der Waals surface area (Å²) < 4.78 is 1.82. The Labute approximate surface area is 85.6 Å². The van der Waals surface area contributed by atoms with Crippen LogP contribution >= 0.6 is 11.3 Å². The lowest BCUT2D eigenvalue weighted by molar-refractivity contribution is 0.625. The third kappa shape index (κ3) is 1.66. The van der Waals surface area contributed by atoms with Gasteiger partial charge in [-0.05, 0) is 6.92 Å². The molecule has 0 unspecified atom stereocenters. The number of nitrogens with zero attached hydrogens (tertiary/aromatic N) is 4. The van der Waals surface area contributed by atoms with E-state index in [1.807, 2.05) is 22.5 Å². The van der Waals surface area contributed by atoms with Crippen molar-refractivity contribution >= 4 is 11.3 Å². The van der Waals surface area contributed by atoms with Crippen LogP contribution < -0.4 is 5.73 Å². The normalized spacial score (nSPS) is 10.7. The molecular weight excluding hydrogens is 198 g/mol. The molecule has 2 aromatic rings. The second-order valence-electron chi connectivity index (χ2n) is 2.96. The fourth-order valence-electron chi connectivity index (χ4n) is 1.20. The van der Waals surface area contributed by atoms with E-state index in [1.54, 1.807) is 11.3 Å². The summed E-state index contributed by atoms with van der Waals surface area (Å²) in [6, 6.07) is 0. The molecule has 2 aromatic heterocycles. The Morgan fingerprint density at radius 3 is 3.00 bits per heavy atom. The minimum absolute atomic E-state index is 0.433. The Morgan fingerprint density at radius 1 is 1.57 bits per heavy atom. The molecule has 14 heavy (non-hydrogen) atoms. The maximum atomic E-state index is 5.51. The zero-order valence-electron chi connectivity index (χ0n) is 7.84. The maximum absolute atomic E-state index is 5.51. The lowest BCUT2D eigenvalue weighted by atomic mass is 10.3. The molecular formula is C8H11N5S. The van der Waals surface area contributed by atoms with Crippen molar-refractivity contribution in [1.82, 2.24) is 20.0 Å². The average molecular weight is 209 g/mol. The van der Waals surface area contributed by atoms with E-state index in [0.717, 1.165) is 17.1 Å². The van der Waals surface area contributed by atoms with Gasteiger partial charge in [0, 0.05) is 11.9 Å². The zero-order chi connectivity index (χ0) is 9.97. The standard InChI is InChI=1S/C8H11N5S/c1-6-8(2-9)11-12-13(6)3-7-4-14-5-10-7/h4-5H,2-3,9H2,1H3. The molecule has 0 atom stereocenters. The number of nitrogens with two attached hydrogens (primary N) is 1. The van der Waals surface area contributed by atoms with E-state index in [4.69, 9.17) is 5.73 Å². The smallest absolute Gasteiger partial charge is 0.0991 e. The fraction of sp³-hybridized carbons (Fsp3) is 0.375. The van der Waals surface area contributed by atoms with Crippen LogP contribution in [0.15, 0.2) is 10.9 Å². The first kappa shape index (κ1) is 9.29. The van der Waals surface area contributed by atoms with Crippen molar-refractivity contribution in [2.45, 2.75) is 20.0 Å². The van der Waals surface area contributed by atoms with E-state index < -0.39 is 0 Å². The second kappa shape index (κ2) is 3.85. The third-order valence-electron chi connectivity index (χ3n) is 2.07. The molecule has 0 aliphatic rings. The van der Waals surface area contributed by atoms with Gasteiger partial charge in [0.2, 0.25) is 0 Å². The van der Waals surface area contributed by atoms with Crippen molar-refractivity contribution < 1.29 is 0 Å². The highest BCUT2D eigenvalue weighted by Gasteiger charge is 2.07. The molecule has 0 aliphatic heterocycles. The van der Waals surface area contributed by atoms with Gasteiger partial charge in [-0.15, -0.1) is 16.4 Å². The van der Waals surface area contributed by atoms with Gasteiger partial charge in [0.15, 0.2) is 0 Å². The quantitative estimate of drug-likeness (QED) is 0.801. The molecule has 0 amide bonds. The van der Waals surface area contributed by atoms with Crippen LogP contribution in [0.2, 0.25) is 0 Å². The van der Waals surface area contributed by atoms with E-state index in [2.05, 4.69) is 15.3 Å². The maximum Gasteiger partial charge on any atom is 0.0991 e. The SMILES string of the molecule is Cc1c(CN)nnn1Cc1cscn1. The lowest BCUT2D eigenvalue weighted by Crippen LogP contribution is -2.05. The van der Waals surface area contributed by atoms with E-state index in [1.165, 1.54) is 0 Å². The highest BCUT2D eigenvalue weighted by molar-refractivity contribution is 7.07. The molecule has 0 radical (unpaired) electrons. The summed E-state index contributed by atoms with van der Waals surface area (Å²) >= 11 is 1.58. The number of aromatic nitrogens is 4. The van der Waals surface area contributed by atoms with Crippen LogP contribution in [0.4, 0.5) is 0 Å². The first-order valence-corrected chi connectivity index (χ1v) is 5.21. The highest BCUT2D eigenvalue weighted by atomic mass is 32.1. The number of hydrogen-bond donors (Lipinski definition) is 1. The average Bonchev–Trinajstić information content (AvgIpc) is 2.79. The van der Waals surface area contributed by atoms with E-state index in [-0.39, 0.29) is 0 Å². The molecule has 2 N–H and O–H groups in total. The first-order chi connectivity index (χ1) is 6.81. The Kier molecular flexibility index (Phi) is 2.55. The summed E-state index contributed by atoms with van der Waals surface area (Å²) in [4.78, 5) is 4.19. The van der Waals surface area contributed by atoms with Crippen LogP contribution in [0, 0.1) is 6.92 Å². The van der Waals surface area contributed by atoms with Crippen molar-refractivity contribution in [3.8, 4) is 0 Å². The summed E-state index contributed by atoms with van der Waals surface area (Å²) in [5.74, 6) is 0. The van der Waals surface area contributed by atoms with Gasteiger partial charge >= 0.3 is 0 Å². The molecule has 2 rings (SSSR count). The van der Waals surface area contributed by atoms with Crippen LogP contribution in [-0.2, 0) is 13.1 Å². The number of thiazole rings is 1. The molecule has 0 aliphatic carbocycles. The molecule has 0 fully saturated rings. The number of hydrogen-bond acceptors (Lipinski definition) is 5. The van der Waals surface area contributed by atoms with Crippen LogP contribution in [0.25, 0.3) is 0 Å². The minimum atomic E-state index is 0.433. The molecule has 5 nitrogen and oxygen atoms in total. The Balaban J connectivity index is 2.21. The van der Waals surface area contributed by atoms with Gasteiger partial charge in [-0.25, -0.2) is 9.67 Å². The Bertz CT molecular complexity index is 405. The Morgan fingerprint density at radius 2 is 2.43 bits per heavy atom. The molecule has 0 saturated heterocycles. The monoisotopic (exact) mass is 209 g/mol.